The van der Waals surface area contributed by atoms with E-state index in [2.05, 4.69) is 4.98 Å². The van der Waals surface area contributed by atoms with Crippen molar-refractivity contribution < 1.29 is 9.31 Å². The van der Waals surface area contributed by atoms with E-state index in [1.807, 2.05) is 5.43 Å². The van der Waals surface area contributed by atoms with Gasteiger partial charge in [0.15, 0.2) is 11.6 Å². The lowest BCUT2D eigenvalue weighted by Crippen LogP contribution is -2.10. The van der Waals surface area contributed by atoms with Crippen LogP contribution >= 0.6 is 0 Å². The summed E-state index contributed by atoms with van der Waals surface area (Å²) < 4.78 is 12.7. The van der Waals surface area contributed by atoms with E-state index >= 15 is 0 Å². The maximum atomic E-state index is 12.7. The molecule has 0 spiro atoms. The number of nitrogens with zero attached hydrogens (tertiary/aromatic N) is 2. The second kappa shape index (κ2) is 3.09. The molecule has 0 radical (unpaired) electrons. The maximum absolute atomic E-state index is 12.7. The molecule has 0 saturated carbocycles. The van der Waals surface area contributed by atoms with Gasteiger partial charge in [-0.3, -0.25) is 10.1 Å². The fourth-order valence-electron chi connectivity index (χ4n) is 0.634. The highest BCUT2D eigenvalue weighted by molar-refractivity contribution is 5.40. The summed E-state index contributed by atoms with van der Waals surface area (Å²) >= 11 is 0. The Balaban J connectivity index is 3.10. The summed E-state index contributed by atoms with van der Waals surface area (Å²) in [5.41, 5.74) is 1.54. The molecule has 0 aliphatic rings. The number of nitrogen functional groups attached to an aromatic ring is 1. The molecule has 7 heteroatoms. The van der Waals surface area contributed by atoms with Gasteiger partial charge in [0.05, 0.1) is 11.0 Å². The summed E-state index contributed by atoms with van der Waals surface area (Å²) in [6.45, 7) is 0. The molecule has 0 unspecified atom stereocenters. The molecule has 0 saturated heterocycles. The lowest BCUT2D eigenvalue weighted by atomic mass is 10.4. The number of rotatable bonds is 2. The van der Waals surface area contributed by atoms with E-state index in [0.717, 1.165) is 12.3 Å². The fourth-order valence-corrected chi connectivity index (χ4v) is 0.634. The number of halogens is 1. The fraction of sp³-hybridized carbons (Fsp3) is 0. The van der Waals surface area contributed by atoms with Crippen LogP contribution in [0.3, 0.4) is 0 Å². The number of pyridine rings is 1. The highest BCUT2D eigenvalue weighted by Crippen LogP contribution is 2.15. The Morgan fingerprint density at radius 1 is 1.75 bits per heavy atom. The first-order valence-electron chi connectivity index (χ1n) is 2.91. The second-order valence-electron chi connectivity index (χ2n) is 1.93. The van der Waals surface area contributed by atoms with Crippen LogP contribution in [0.4, 0.5) is 15.9 Å². The second-order valence-corrected chi connectivity index (χ2v) is 1.93. The van der Waals surface area contributed by atoms with E-state index in [0.29, 0.717) is 0 Å². The summed E-state index contributed by atoms with van der Waals surface area (Å²) in [5.74, 6) is 3.78. The van der Waals surface area contributed by atoms with Crippen LogP contribution in [0.2, 0.25) is 0 Å². The Hall–Kier alpha value is -1.76. The molecule has 1 rings (SSSR count). The van der Waals surface area contributed by atoms with Crippen LogP contribution in [-0.2, 0) is 0 Å². The van der Waals surface area contributed by atoms with Gasteiger partial charge in [-0.05, 0) is 0 Å². The van der Waals surface area contributed by atoms with Gasteiger partial charge < -0.3 is 5.43 Å². The van der Waals surface area contributed by atoms with Crippen molar-refractivity contribution in [1.82, 2.24) is 4.98 Å². The highest BCUT2D eigenvalue weighted by Gasteiger charge is 2.10. The smallest absolute Gasteiger partial charge is 0.290 e. The number of nitro groups is 1. The molecule has 3 N–H and O–H groups in total. The van der Waals surface area contributed by atoms with Crippen LogP contribution in [0.5, 0.6) is 0 Å². The third kappa shape index (κ3) is 1.45. The molecule has 64 valence electrons. The molecule has 1 aromatic heterocycles. The Morgan fingerprint density at radius 3 is 2.83 bits per heavy atom. The standard InChI is InChI=1S/C5H5FN4O2/c6-4-1-3(10(11)12)2-8-5(4)9-7/h1-2H,7H2,(H,8,9). The Labute approximate surface area is 66.3 Å². The van der Waals surface area contributed by atoms with Gasteiger partial charge in [-0.1, -0.05) is 0 Å². The monoisotopic (exact) mass is 172 g/mol. The zero-order valence-electron chi connectivity index (χ0n) is 5.82. The minimum atomic E-state index is -0.855. The van der Waals surface area contributed by atoms with Crippen LogP contribution in [0.15, 0.2) is 12.3 Å². The van der Waals surface area contributed by atoms with Crippen molar-refractivity contribution in [3.8, 4) is 0 Å². The van der Waals surface area contributed by atoms with Gasteiger partial charge in [0.1, 0.15) is 6.20 Å². The Kier molecular flexibility index (Phi) is 2.15. The predicted octanol–water partition coefficient (Wildman–Crippen LogP) is 0.415. The van der Waals surface area contributed by atoms with E-state index < -0.39 is 16.4 Å². The average molecular weight is 172 g/mol. The van der Waals surface area contributed by atoms with Crippen LogP contribution in [0, 0.1) is 15.9 Å². The number of hydrogen-bond donors (Lipinski definition) is 2. The molecule has 0 bridgehead atoms. The first kappa shape index (κ1) is 8.34. The molecule has 0 aliphatic carbocycles. The predicted molar refractivity (Wildman–Crippen MR) is 38.7 cm³/mol. The van der Waals surface area contributed by atoms with Gasteiger partial charge in [-0.2, -0.15) is 0 Å². The number of aromatic nitrogens is 1. The van der Waals surface area contributed by atoms with Gasteiger partial charge in [0, 0.05) is 0 Å². The van der Waals surface area contributed by atoms with Gasteiger partial charge in [-0.15, -0.1) is 0 Å². The summed E-state index contributed by atoms with van der Waals surface area (Å²) in [6, 6.07) is 0.738. The Bertz CT molecular complexity index is 316. The van der Waals surface area contributed by atoms with Crippen molar-refractivity contribution in [2.75, 3.05) is 5.43 Å². The van der Waals surface area contributed by atoms with Crippen molar-refractivity contribution >= 4 is 11.5 Å². The zero-order valence-corrected chi connectivity index (χ0v) is 5.82. The molecule has 6 nitrogen and oxygen atoms in total. The number of hydrazine groups is 1. The van der Waals surface area contributed by atoms with Crippen LogP contribution < -0.4 is 11.3 Å². The first-order valence-corrected chi connectivity index (χ1v) is 2.91. The van der Waals surface area contributed by atoms with Crippen LogP contribution in [0.1, 0.15) is 0 Å². The normalized spacial score (nSPS) is 9.50. The first-order chi connectivity index (χ1) is 5.65. The highest BCUT2D eigenvalue weighted by atomic mass is 19.1. The minimum Gasteiger partial charge on any atom is -0.306 e. The van der Waals surface area contributed by atoms with E-state index in [9.17, 15) is 14.5 Å². The molecule has 0 atom stereocenters. The summed E-state index contributed by atoms with van der Waals surface area (Å²) in [5, 5.41) is 10.1. The third-order valence-corrected chi connectivity index (χ3v) is 1.17. The zero-order chi connectivity index (χ0) is 9.14. The summed E-state index contributed by atoms with van der Waals surface area (Å²) in [7, 11) is 0. The molecule has 12 heavy (non-hydrogen) atoms. The molecular formula is C5H5FN4O2. The van der Waals surface area contributed by atoms with Gasteiger partial charge >= 0.3 is 0 Å². The summed E-state index contributed by atoms with van der Waals surface area (Å²) in [4.78, 5) is 12.7. The number of hydrogen-bond acceptors (Lipinski definition) is 5. The largest absolute Gasteiger partial charge is 0.306 e. The Morgan fingerprint density at radius 2 is 2.42 bits per heavy atom. The van der Waals surface area contributed by atoms with E-state index in [1.165, 1.54) is 0 Å². The quantitative estimate of drug-likeness (QED) is 0.383. The van der Waals surface area contributed by atoms with Crippen molar-refractivity contribution in [3.05, 3.63) is 28.2 Å². The van der Waals surface area contributed by atoms with E-state index in [-0.39, 0.29) is 5.82 Å². The number of nitrogens with two attached hydrogens (primary N) is 1. The van der Waals surface area contributed by atoms with Gasteiger partial charge in [0.25, 0.3) is 5.69 Å². The van der Waals surface area contributed by atoms with Crippen molar-refractivity contribution in [1.29, 1.82) is 0 Å². The molecule has 1 heterocycles. The minimum absolute atomic E-state index is 0.222. The molecule has 0 aliphatic heterocycles. The van der Waals surface area contributed by atoms with Crippen molar-refractivity contribution in [3.63, 3.8) is 0 Å². The molecule has 0 fully saturated rings. The maximum Gasteiger partial charge on any atom is 0.290 e. The number of anilines is 1. The third-order valence-electron chi connectivity index (χ3n) is 1.17. The molecule has 1 aromatic rings. The molecular weight excluding hydrogens is 167 g/mol. The topological polar surface area (TPSA) is 94.1 Å². The van der Waals surface area contributed by atoms with Crippen LogP contribution in [-0.4, -0.2) is 9.91 Å². The van der Waals surface area contributed by atoms with Gasteiger partial charge in [0.2, 0.25) is 0 Å². The van der Waals surface area contributed by atoms with Crippen molar-refractivity contribution in [2.24, 2.45) is 5.84 Å². The molecule has 0 aromatic carbocycles. The molecule has 0 amide bonds. The lowest BCUT2D eigenvalue weighted by molar-refractivity contribution is -0.385. The lowest BCUT2D eigenvalue weighted by Gasteiger charge is -1.98. The van der Waals surface area contributed by atoms with E-state index in [1.54, 1.807) is 0 Å². The number of nitrogens with one attached hydrogen (secondary N) is 1. The van der Waals surface area contributed by atoms with E-state index in [4.69, 9.17) is 5.84 Å². The van der Waals surface area contributed by atoms with Crippen molar-refractivity contribution in [2.45, 2.75) is 0 Å². The average Bonchev–Trinajstić information content (AvgIpc) is 2.04. The van der Waals surface area contributed by atoms with Gasteiger partial charge in [-0.25, -0.2) is 15.2 Å². The summed E-state index contributed by atoms with van der Waals surface area (Å²) in [6.07, 6.45) is 0.915. The SMILES string of the molecule is NNc1ncc([N+](=O)[O-])cc1F. The van der Waals surface area contributed by atoms with Crippen LogP contribution in [0.25, 0.3) is 0 Å².